The Kier molecular flexibility index (Phi) is 4.82. The van der Waals surface area contributed by atoms with Gasteiger partial charge >= 0.3 is 0 Å². The summed E-state index contributed by atoms with van der Waals surface area (Å²) >= 11 is 0. The zero-order valence-corrected chi connectivity index (χ0v) is 11.3. The van der Waals surface area contributed by atoms with Crippen molar-refractivity contribution in [2.45, 2.75) is 27.2 Å². The van der Waals surface area contributed by atoms with Crippen LogP contribution in [0, 0.1) is 12.3 Å². The molecule has 0 aliphatic rings. The predicted octanol–water partition coefficient (Wildman–Crippen LogP) is 3.05. The molecule has 0 atom stereocenters. The van der Waals surface area contributed by atoms with Crippen LogP contribution in [0.4, 0.5) is 11.4 Å². The highest BCUT2D eigenvalue weighted by molar-refractivity contribution is 5.62. The maximum Gasteiger partial charge on any atom is 0.0468 e. The third-order valence-corrected chi connectivity index (χ3v) is 3.12. The first kappa shape index (κ1) is 13.8. The summed E-state index contributed by atoms with van der Waals surface area (Å²) < 4.78 is 5.12. The third kappa shape index (κ3) is 4.27. The number of methoxy groups -OCH3 is 1. The van der Waals surface area contributed by atoms with Crippen LogP contribution in [0.5, 0.6) is 0 Å². The number of hydrogen-bond acceptors (Lipinski definition) is 3. The Morgan fingerprint density at radius 2 is 2.06 bits per heavy atom. The van der Waals surface area contributed by atoms with E-state index < -0.39 is 0 Å². The SMILES string of the molecule is COCCC(C)(C)CNc1cccc(N)c1C. The monoisotopic (exact) mass is 236 g/mol. The van der Waals surface area contributed by atoms with Gasteiger partial charge in [0, 0.05) is 31.6 Å². The Labute approximate surface area is 104 Å². The fourth-order valence-corrected chi connectivity index (χ4v) is 1.65. The van der Waals surface area contributed by atoms with Crippen LogP contribution in [-0.2, 0) is 4.74 Å². The van der Waals surface area contributed by atoms with Gasteiger partial charge < -0.3 is 15.8 Å². The summed E-state index contributed by atoms with van der Waals surface area (Å²) in [5.74, 6) is 0. The van der Waals surface area contributed by atoms with E-state index in [-0.39, 0.29) is 5.41 Å². The van der Waals surface area contributed by atoms with Gasteiger partial charge in [0.1, 0.15) is 0 Å². The number of nitrogens with one attached hydrogen (secondary N) is 1. The molecule has 3 heteroatoms. The molecular weight excluding hydrogens is 212 g/mol. The van der Waals surface area contributed by atoms with Crippen molar-refractivity contribution in [3.8, 4) is 0 Å². The molecule has 0 unspecified atom stereocenters. The lowest BCUT2D eigenvalue weighted by Gasteiger charge is -2.25. The van der Waals surface area contributed by atoms with Crippen molar-refractivity contribution >= 4 is 11.4 Å². The van der Waals surface area contributed by atoms with Gasteiger partial charge in [-0.2, -0.15) is 0 Å². The molecule has 17 heavy (non-hydrogen) atoms. The standard InChI is InChI=1S/C14H24N2O/c1-11-12(15)6-5-7-13(11)16-10-14(2,3)8-9-17-4/h5-7,16H,8-10,15H2,1-4H3. The number of rotatable bonds is 6. The van der Waals surface area contributed by atoms with Crippen LogP contribution in [0.15, 0.2) is 18.2 Å². The second-order valence-corrected chi connectivity index (χ2v) is 5.28. The van der Waals surface area contributed by atoms with Crippen LogP contribution in [0.1, 0.15) is 25.8 Å². The minimum Gasteiger partial charge on any atom is -0.398 e. The molecular formula is C14H24N2O. The quantitative estimate of drug-likeness (QED) is 0.746. The molecule has 0 saturated heterocycles. The zero-order chi connectivity index (χ0) is 12.9. The van der Waals surface area contributed by atoms with Gasteiger partial charge in [0.15, 0.2) is 0 Å². The maximum absolute atomic E-state index is 5.88. The summed E-state index contributed by atoms with van der Waals surface area (Å²) in [5.41, 5.74) is 9.17. The summed E-state index contributed by atoms with van der Waals surface area (Å²) in [6.45, 7) is 8.23. The Morgan fingerprint density at radius 3 is 2.71 bits per heavy atom. The van der Waals surface area contributed by atoms with E-state index in [1.54, 1.807) is 7.11 Å². The molecule has 0 amide bonds. The molecule has 1 aromatic carbocycles. The highest BCUT2D eigenvalue weighted by Crippen LogP contribution is 2.24. The molecule has 0 bridgehead atoms. The average molecular weight is 236 g/mol. The minimum atomic E-state index is 0.215. The molecule has 0 aromatic heterocycles. The van der Waals surface area contributed by atoms with E-state index >= 15 is 0 Å². The van der Waals surface area contributed by atoms with Gasteiger partial charge in [-0.3, -0.25) is 0 Å². The van der Waals surface area contributed by atoms with Gasteiger partial charge in [-0.1, -0.05) is 19.9 Å². The number of ether oxygens (including phenoxy) is 1. The predicted molar refractivity (Wildman–Crippen MR) is 74.4 cm³/mol. The fourth-order valence-electron chi connectivity index (χ4n) is 1.65. The van der Waals surface area contributed by atoms with Crippen LogP contribution in [-0.4, -0.2) is 20.3 Å². The van der Waals surface area contributed by atoms with Crippen LogP contribution < -0.4 is 11.1 Å². The summed E-state index contributed by atoms with van der Waals surface area (Å²) in [7, 11) is 1.74. The second kappa shape index (κ2) is 5.92. The van der Waals surface area contributed by atoms with Gasteiger partial charge in [0.2, 0.25) is 0 Å². The lowest BCUT2D eigenvalue weighted by atomic mass is 9.89. The van der Waals surface area contributed by atoms with Crippen molar-refractivity contribution in [2.75, 3.05) is 31.3 Å². The Balaban J connectivity index is 2.58. The molecule has 0 radical (unpaired) electrons. The third-order valence-electron chi connectivity index (χ3n) is 3.12. The van der Waals surface area contributed by atoms with Crippen molar-refractivity contribution < 1.29 is 4.74 Å². The van der Waals surface area contributed by atoms with Crippen molar-refractivity contribution in [1.29, 1.82) is 0 Å². The molecule has 0 spiro atoms. The zero-order valence-electron chi connectivity index (χ0n) is 11.3. The number of nitrogens with two attached hydrogens (primary N) is 1. The number of anilines is 2. The van der Waals surface area contributed by atoms with E-state index in [2.05, 4.69) is 25.2 Å². The van der Waals surface area contributed by atoms with Crippen molar-refractivity contribution in [2.24, 2.45) is 5.41 Å². The first-order valence-corrected chi connectivity index (χ1v) is 6.04. The van der Waals surface area contributed by atoms with Gasteiger partial charge in [0.25, 0.3) is 0 Å². The Bertz CT molecular complexity index is 361. The van der Waals surface area contributed by atoms with Crippen LogP contribution in [0.25, 0.3) is 0 Å². The summed E-state index contributed by atoms with van der Waals surface area (Å²) in [6, 6.07) is 5.97. The van der Waals surface area contributed by atoms with Gasteiger partial charge in [-0.05, 0) is 36.5 Å². The van der Waals surface area contributed by atoms with Gasteiger partial charge in [-0.15, -0.1) is 0 Å². The largest absolute Gasteiger partial charge is 0.398 e. The van der Waals surface area contributed by atoms with E-state index in [1.165, 1.54) is 0 Å². The lowest BCUT2D eigenvalue weighted by Crippen LogP contribution is -2.25. The number of hydrogen-bond donors (Lipinski definition) is 2. The highest BCUT2D eigenvalue weighted by atomic mass is 16.5. The van der Waals surface area contributed by atoms with Gasteiger partial charge in [-0.25, -0.2) is 0 Å². The van der Waals surface area contributed by atoms with E-state index in [1.807, 2.05) is 19.1 Å². The second-order valence-electron chi connectivity index (χ2n) is 5.28. The Hall–Kier alpha value is -1.22. The summed E-state index contributed by atoms with van der Waals surface area (Å²) in [5, 5.41) is 3.47. The molecule has 0 heterocycles. The van der Waals surface area contributed by atoms with Crippen LogP contribution in [0.2, 0.25) is 0 Å². The topological polar surface area (TPSA) is 47.3 Å². The number of benzene rings is 1. The molecule has 0 aliphatic carbocycles. The molecule has 96 valence electrons. The van der Waals surface area contributed by atoms with Crippen molar-refractivity contribution in [3.05, 3.63) is 23.8 Å². The highest BCUT2D eigenvalue weighted by Gasteiger charge is 2.17. The summed E-state index contributed by atoms with van der Waals surface area (Å²) in [4.78, 5) is 0. The molecule has 1 rings (SSSR count). The van der Waals surface area contributed by atoms with Crippen LogP contribution in [0.3, 0.4) is 0 Å². The fraction of sp³-hybridized carbons (Fsp3) is 0.571. The maximum atomic E-state index is 5.88. The van der Waals surface area contributed by atoms with E-state index in [0.717, 1.165) is 36.5 Å². The first-order chi connectivity index (χ1) is 7.96. The molecule has 3 N–H and O–H groups in total. The average Bonchev–Trinajstić information content (AvgIpc) is 2.29. The van der Waals surface area contributed by atoms with E-state index in [0.29, 0.717) is 0 Å². The normalized spacial score (nSPS) is 11.5. The first-order valence-electron chi connectivity index (χ1n) is 6.04. The smallest absolute Gasteiger partial charge is 0.0468 e. The van der Waals surface area contributed by atoms with E-state index in [9.17, 15) is 0 Å². The lowest BCUT2D eigenvalue weighted by molar-refractivity contribution is 0.157. The van der Waals surface area contributed by atoms with Crippen molar-refractivity contribution in [3.63, 3.8) is 0 Å². The molecule has 0 fully saturated rings. The molecule has 0 aliphatic heterocycles. The molecule has 3 nitrogen and oxygen atoms in total. The van der Waals surface area contributed by atoms with E-state index in [4.69, 9.17) is 10.5 Å². The van der Waals surface area contributed by atoms with Crippen LogP contribution >= 0.6 is 0 Å². The number of nitrogen functional groups attached to an aromatic ring is 1. The molecule has 0 saturated carbocycles. The van der Waals surface area contributed by atoms with Crippen molar-refractivity contribution in [1.82, 2.24) is 0 Å². The molecule has 1 aromatic rings. The minimum absolute atomic E-state index is 0.215. The Morgan fingerprint density at radius 1 is 1.35 bits per heavy atom. The van der Waals surface area contributed by atoms with Gasteiger partial charge in [0.05, 0.1) is 0 Å². The summed E-state index contributed by atoms with van der Waals surface area (Å²) in [6.07, 6.45) is 1.04.